The first-order chi connectivity index (χ1) is 31.3. The summed E-state index contributed by atoms with van der Waals surface area (Å²) in [4.78, 5) is 2.49. The highest BCUT2D eigenvalue weighted by molar-refractivity contribution is 7.26. The van der Waals surface area contributed by atoms with E-state index < -0.39 is 0 Å². The molecule has 0 radical (unpaired) electrons. The van der Waals surface area contributed by atoms with E-state index in [0.29, 0.717) is 0 Å². The Kier molecular flexibility index (Phi) is 8.12. The first-order valence-corrected chi connectivity index (χ1v) is 22.3. The molecule has 13 rings (SSSR count). The molecule has 2 nitrogen and oxygen atoms in total. The van der Waals surface area contributed by atoms with Crippen LogP contribution in [-0.2, 0) is 0 Å². The van der Waals surface area contributed by atoms with Crippen molar-refractivity contribution in [3.63, 3.8) is 0 Å². The van der Waals surface area contributed by atoms with Gasteiger partial charge in [0.05, 0.1) is 5.69 Å². The fourth-order valence-electron chi connectivity index (χ4n) is 10.0. The number of hydrogen-bond acceptors (Lipinski definition) is 3. The summed E-state index contributed by atoms with van der Waals surface area (Å²) in [5, 5.41) is 12.2. The minimum Gasteiger partial charge on any atom is -0.455 e. The topological polar surface area (TPSA) is 16.4 Å². The van der Waals surface area contributed by atoms with Gasteiger partial charge < -0.3 is 9.32 Å². The van der Waals surface area contributed by atoms with Crippen LogP contribution < -0.4 is 4.90 Å². The molecule has 13 aromatic rings. The minimum absolute atomic E-state index is 0.902. The first-order valence-electron chi connectivity index (χ1n) is 21.5. The van der Waals surface area contributed by atoms with Crippen LogP contribution >= 0.6 is 11.3 Å². The highest BCUT2D eigenvalue weighted by atomic mass is 32.1. The van der Waals surface area contributed by atoms with Gasteiger partial charge in [0.1, 0.15) is 11.2 Å². The van der Waals surface area contributed by atoms with Crippen molar-refractivity contribution in [2.45, 2.75) is 0 Å². The van der Waals surface area contributed by atoms with Gasteiger partial charge in [0, 0.05) is 58.8 Å². The summed E-state index contributed by atoms with van der Waals surface area (Å²) in [5.74, 6) is 0. The maximum absolute atomic E-state index is 6.53. The predicted octanol–water partition coefficient (Wildman–Crippen LogP) is 17.9. The maximum atomic E-state index is 6.53. The molecule has 0 amide bonds. The van der Waals surface area contributed by atoms with E-state index >= 15 is 0 Å². The molecule has 0 bridgehead atoms. The molecule has 0 fully saturated rings. The van der Waals surface area contributed by atoms with Gasteiger partial charge in [-0.3, -0.25) is 0 Å². The Morgan fingerprint density at radius 1 is 0.333 bits per heavy atom. The average molecular weight is 820 g/mol. The number of para-hydroxylation sites is 2. The lowest BCUT2D eigenvalue weighted by molar-refractivity contribution is 0.670. The fourth-order valence-corrected chi connectivity index (χ4v) is 11.2. The van der Waals surface area contributed by atoms with Crippen molar-refractivity contribution < 1.29 is 4.42 Å². The van der Waals surface area contributed by atoms with Crippen LogP contribution in [0.4, 0.5) is 17.1 Å². The van der Waals surface area contributed by atoms with Crippen molar-refractivity contribution in [1.29, 1.82) is 0 Å². The van der Waals surface area contributed by atoms with Gasteiger partial charge in [0.15, 0.2) is 0 Å². The van der Waals surface area contributed by atoms with Crippen molar-refractivity contribution in [3.05, 3.63) is 224 Å². The number of furan rings is 1. The Morgan fingerprint density at radius 3 is 1.60 bits per heavy atom. The summed E-state index contributed by atoms with van der Waals surface area (Å²) < 4.78 is 9.15. The molecular formula is C60H37NOS. The Morgan fingerprint density at radius 2 is 0.841 bits per heavy atom. The third kappa shape index (κ3) is 5.64. The molecule has 0 aliphatic carbocycles. The number of anilines is 3. The standard InChI is InChI=1S/C60H37NOS/c1-2-16-43-38(14-1)15-11-25-50(43)57-51-21-5-3-17-46(51)47-18-4-6-22-52(47)58(57)61(41-34-30-39(31-35-41)44-23-12-26-53-48-19-7-9-28-55(48)62-59(44)53)42-36-32-40(33-37-42)45-24-13-27-54-49-20-8-10-29-56(49)63-60(45)54/h1-37H. The van der Waals surface area contributed by atoms with Gasteiger partial charge in [-0.2, -0.15) is 0 Å². The van der Waals surface area contributed by atoms with Crippen LogP contribution in [0.3, 0.4) is 0 Å². The van der Waals surface area contributed by atoms with E-state index in [0.717, 1.165) is 50.1 Å². The lowest BCUT2D eigenvalue weighted by atomic mass is 9.88. The van der Waals surface area contributed by atoms with E-state index in [4.69, 9.17) is 4.42 Å². The smallest absolute Gasteiger partial charge is 0.143 e. The zero-order valence-electron chi connectivity index (χ0n) is 34.1. The molecule has 3 heteroatoms. The number of nitrogens with zero attached hydrogens (tertiary/aromatic N) is 1. The van der Waals surface area contributed by atoms with Gasteiger partial charge in [0.25, 0.3) is 0 Å². The first kappa shape index (κ1) is 35.7. The van der Waals surface area contributed by atoms with Crippen LogP contribution in [-0.4, -0.2) is 0 Å². The Balaban J connectivity index is 1.06. The Hall–Kier alpha value is -7.98. The zero-order chi connectivity index (χ0) is 41.4. The molecule has 2 heterocycles. The number of rotatable bonds is 6. The number of thiophene rings is 1. The molecule has 63 heavy (non-hydrogen) atoms. The third-order valence-corrected chi connectivity index (χ3v) is 14.1. The van der Waals surface area contributed by atoms with Gasteiger partial charge in [-0.15, -0.1) is 11.3 Å². The molecule has 2 aromatic heterocycles. The van der Waals surface area contributed by atoms with Crippen molar-refractivity contribution in [3.8, 4) is 33.4 Å². The summed E-state index contributed by atoms with van der Waals surface area (Å²) in [6, 6.07) is 81.8. The lowest BCUT2D eigenvalue weighted by Crippen LogP contribution is -2.12. The lowest BCUT2D eigenvalue weighted by Gasteiger charge is -2.31. The Bertz CT molecular complexity index is 3750. The number of benzene rings is 11. The monoisotopic (exact) mass is 819 g/mol. The van der Waals surface area contributed by atoms with Crippen molar-refractivity contribution >= 4 is 103 Å². The van der Waals surface area contributed by atoms with Gasteiger partial charge in [-0.25, -0.2) is 0 Å². The summed E-state index contributed by atoms with van der Waals surface area (Å²) >= 11 is 1.87. The van der Waals surface area contributed by atoms with E-state index in [-0.39, 0.29) is 0 Å². The molecule has 0 unspecified atom stereocenters. The van der Waals surface area contributed by atoms with E-state index in [1.54, 1.807) is 0 Å². The average Bonchev–Trinajstić information content (AvgIpc) is 3.93. The van der Waals surface area contributed by atoms with Crippen LogP contribution in [0.2, 0.25) is 0 Å². The van der Waals surface area contributed by atoms with E-state index in [1.165, 1.54) is 74.7 Å². The largest absolute Gasteiger partial charge is 0.455 e. The summed E-state index contributed by atoms with van der Waals surface area (Å²) in [6.07, 6.45) is 0. The summed E-state index contributed by atoms with van der Waals surface area (Å²) in [6.45, 7) is 0. The van der Waals surface area contributed by atoms with Gasteiger partial charge in [-0.05, 0) is 85.6 Å². The second kappa shape index (κ2) is 14.3. The quantitative estimate of drug-likeness (QED) is 0.155. The van der Waals surface area contributed by atoms with Crippen molar-refractivity contribution in [2.75, 3.05) is 4.90 Å². The molecule has 0 aliphatic heterocycles. The van der Waals surface area contributed by atoms with Crippen LogP contribution in [0.1, 0.15) is 0 Å². The molecule has 0 saturated carbocycles. The van der Waals surface area contributed by atoms with E-state index in [1.807, 2.05) is 17.4 Å². The molecule has 11 aromatic carbocycles. The second-order valence-electron chi connectivity index (χ2n) is 16.3. The van der Waals surface area contributed by atoms with Gasteiger partial charge >= 0.3 is 0 Å². The van der Waals surface area contributed by atoms with Crippen LogP contribution in [0, 0.1) is 0 Å². The van der Waals surface area contributed by atoms with Crippen LogP contribution in [0.5, 0.6) is 0 Å². The summed E-state index contributed by atoms with van der Waals surface area (Å²) in [5.41, 5.74) is 12.1. The van der Waals surface area contributed by atoms with E-state index in [9.17, 15) is 0 Å². The third-order valence-electron chi connectivity index (χ3n) is 12.9. The normalized spacial score (nSPS) is 11.8. The minimum atomic E-state index is 0.902. The number of hydrogen-bond donors (Lipinski definition) is 0. The fraction of sp³-hybridized carbons (Fsp3) is 0. The SMILES string of the molecule is c1ccc2c(-c3c(N(c4ccc(-c5cccc6c5oc5ccccc56)cc4)c4ccc(-c5cccc6c5sc5ccccc56)cc4)c4ccccc4c4ccccc34)cccc2c1. The van der Waals surface area contributed by atoms with Crippen molar-refractivity contribution in [1.82, 2.24) is 0 Å². The zero-order valence-corrected chi connectivity index (χ0v) is 34.9. The molecule has 0 N–H and O–H groups in total. The van der Waals surface area contributed by atoms with Crippen LogP contribution in [0.25, 0.3) is 108 Å². The molecule has 0 atom stereocenters. The predicted molar refractivity (Wildman–Crippen MR) is 270 cm³/mol. The maximum Gasteiger partial charge on any atom is 0.143 e. The summed E-state index contributed by atoms with van der Waals surface area (Å²) in [7, 11) is 0. The van der Waals surface area contributed by atoms with Crippen molar-refractivity contribution in [2.24, 2.45) is 0 Å². The molecule has 0 spiro atoms. The highest BCUT2D eigenvalue weighted by Crippen LogP contribution is 2.51. The Labute approximate surface area is 368 Å². The highest BCUT2D eigenvalue weighted by Gasteiger charge is 2.25. The molecule has 0 saturated heterocycles. The van der Waals surface area contributed by atoms with Gasteiger partial charge in [0.2, 0.25) is 0 Å². The second-order valence-corrected chi connectivity index (χ2v) is 17.4. The van der Waals surface area contributed by atoms with Gasteiger partial charge in [-0.1, -0.05) is 188 Å². The van der Waals surface area contributed by atoms with Crippen LogP contribution in [0.15, 0.2) is 229 Å². The molecular weight excluding hydrogens is 783 g/mol. The molecule has 294 valence electrons. The number of fused-ring (bicyclic) bond motifs is 10. The molecule has 0 aliphatic rings. The van der Waals surface area contributed by atoms with E-state index in [2.05, 4.69) is 223 Å².